The average molecular weight is 254 g/mol. The third kappa shape index (κ3) is 2.72. The molecule has 4 nitrogen and oxygen atoms in total. The van der Waals surface area contributed by atoms with Gasteiger partial charge < -0.3 is 9.64 Å². The molecule has 1 saturated heterocycles. The van der Waals surface area contributed by atoms with Crippen molar-refractivity contribution in [2.75, 3.05) is 31.2 Å². The van der Waals surface area contributed by atoms with E-state index in [2.05, 4.69) is 4.99 Å². The summed E-state index contributed by atoms with van der Waals surface area (Å²) in [5.74, 6) is -1.85. The first-order chi connectivity index (χ1) is 8.72. The number of isocyanates is 1. The Balaban J connectivity index is 2.35. The van der Waals surface area contributed by atoms with Gasteiger partial charge in [0.15, 0.2) is 11.6 Å². The first-order valence-corrected chi connectivity index (χ1v) is 5.56. The van der Waals surface area contributed by atoms with Crippen LogP contribution in [-0.4, -0.2) is 32.4 Å². The number of carbonyl (C=O) groups excluding carboxylic acids is 1. The predicted molar refractivity (Wildman–Crippen MR) is 61.2 cm³/mol. The van der Waals surface area contributed by atoms with E-state index in [4.69, 9.17) is 4.74 Å². The van der Waals surface area contributed by atoms with Gasteiger partial charge in [0.2, 0.25) is 6.08 Å². The van der Waals surface area contributed by atoms with Gasteiger partial charge in [0, 0.05) is 30.4 Å². The van der Waals surface area contributed by atoms with Crippen LogP contribution in [0.2, 0.25) is 0 Å². The number of hydrogen-bond donors (Lipinski definition) is 0. The molecule has 0 aliphatic carbocycles. The molecule has 1 aromatic carbocycles. The number of anilines is 1. The van der Waals surface area contributed by atoms with Gasteiger partial charge in [-0.2, -0.15) is 0 Å². The van der Waals surface area contributed by atoms with Crippen molar-refractivity contribution in [2.45, 2.75) is 6.54 Å². The predicted octanol–water partition coefficient (Wildman–Crippen LogP) is 1.64. The molecule has 18 heavy (non-hydrogen) atoms. The van der Waals surface area contributed by atoms with Crippen LogP contribution in [0.5, 0.6) is 0 Å². The standard InChI is InChI=1S/C12H12F2N2O2/c13-10-5-9(7-15-8-17)12(6-11(10)14)16-1-3-18-4-2-16/h5-6H,1-4,7H2. The van der Waals surface area contributed by atoms with Gasteiger partial charge in [0.1, 0.15) is 0 Å². The Morgan fingerprint density at radius 3 is 2.61 bits per heavy atom. The van der Waals surface area contributed by atoms with Crippen molar-refractivity contribution in [2.24, 2.45) is 4.99 Å². The van der Waals surface area contributed by atoms with Crippen molar-refractivity contribution < 1.29 is 18.3 Å². The number of aliphatic imine (C=N–C) groups is 1. The molecule has 6 heteroatoms. The summed E-state index contributed by atoms with van der Waals surface area (Å²) in [5.41, 5.74) is 1.02. The van der Waals surface area contributed by atoms with Crippen LogP contribution < -0.4 is 4.90 Å². The second-order valence-electron chi connectivity index (χ2n) is 3.90. The number of hydrogen-bond acceptors (Lipinski definition) is 4. The summed E-state index contributed by atoms with van der Waals surface area (Å²) in [4.78, 5) is 15.4. The van der Waals surface area contributed by atoms with Gasteiger partial charge in [-0.05, 0) is 6.07 Å². The van der Waals surface area contributed by atoms with E-state index in [1.807, 2.05) is 4.90 Å². The van der Waals surface area contributed by atoms with E-state index < -0.39 is 11.6 Å². The summed E-state index contributed by atoms with van der Waals surface area (Å²) in [7, 11) is 0. The number of halogens is 2. The van der Waals surface area contributed by atoms with Crippen molar-refractivity contribution in [1.29, 1.82) is 0 Å². The lowest BCUT2D eigenvalue weighted by atomic mass is 10.1. The average Bonchev–Trinajstić information content (AvgIpc) is 2.40. The zero-order valence-corrected chi connectivity index (χ0v) is 9.66. The molecule has 1 heterocycles. The highest BCUT2D eigenvalue weighted by Gasteiger charge is 2.17. The van der Waals surface area contributed by atoms with Gasteiger partial charge in [-0.1, -0.05) is 0 Å². The SMILES string of the molecule is O=C=NCc1cc(F)c(F)cc1N1CCOCC1. The lowest BCUT2D eigenvalue weighted by molar-refractivity contribution is 0.122. The molecule has 1 aliphatic rings. The van der Waals surface area contributed by atoms with Crippen molar-refractivity contribution in [3.8, 4) is 0 Å². The van der Waals surface area contributed by atoms with Gasteiger partial charge in [-0.15, -0.1) is 0 Å². The summed E-state index contributed by atoms with van der Waals surface area (Å²) < 4.78 is 31.7. The topological polar surface area (TPSA) is 41.9 Å². The Kier molecular flexibility index (Phi) is 4.02. The van der Waals surface area contributed by atoms with E-state index in [0.717, 1.165) is 12.1 Å². The highest BCUT2D eigenvalue weighted by Crippen LogP contribution is 2.25. The molecule has 0 bridgehead atoms. The third-order valence-electron chi connectivity index (χ3n) is 2.79. The Labute approximate surface area is 103 Å². The van der Waals surface area contributed by atoms with Gasteiger partial charge >= 0.3 is 0 Å². The lowest BCUT2D eigenvalue weighted by Crippen LogP contribution is -2.36. The van der Waals surface area contributed by atoms with Crippen LogP contribution in [0, 0.1) is 11.6 Å². The highest BCUT2D eigenvalue weighted by molar-refractivity contribution is 5.55. The molecule has 0 aromatic heterocycles. The Morgan fingerprint density at radius 2 is 1.94 bits per heavy atom. The molecular formula is C12H12F2N2O2. The molecule has 0 spiro atoms. The fraction of sp³-hybridized carbons (Fsp3) is 0.417. The minimum absolute atomic E-state index is 0.00656. The van der Waals surface area contributed by atoms with Crippen LogP contribution in [0.15, 0.2) is 17.1 Å². The summed E-state index contributed by atoms with van der Waals surface area (Å²) in [6.07, 6.45) is 1.40. The fourth-order valence-electron chi connectivity index (χ4n) is 1.92. The molecule has 1 fully saturated rings. The van der Waals surface area contributed by atoms with E-state index in [-0.39, 0.29) is 6.54 Å². The van der Waals surface area contributed by atoms with Gasteiger partial charge in [0.05, 0.1) is 19.8 Å². The molecule has 0 radical (unpaired) electrons. The number of ether oxygens (including phenoxy) is 1. The number of morpholine rings is 1. The summed E-state index contributed by atoms with van der Waals surface area (Å²) >= 11 is 0. The Bertz CT molecular complexity index is 481. The summed E-state index contributed by atoms with van der Waals surface area (Å²) in [6, 6.07) is 2.21. The largest absolute Gasteiger partial charge is 0.378 e. The normalized spacial score (nSPS) is 15.3. The molecule has 96 valence electrons. The molecule has 1 aromatic rings. The molecule has 2 rings (SSSR count). The van der Waals surface area contributed by atoms with Crippen molar-refractivity contribution in [3.63, 3.8) is 0 Å². The smallest absolute Gasteiger partial charge is 0.235 e. The van der Waals surface area contributed by atoms with Crippen molar-refractivity contribution in [1.82, 2.24) is 0 Å². The van der Waals surface area contributed by atoms with Gasteiger partial charge in [0.25, 0.3) is 0 Å². The summed E-state index contributed by atoms with van der Waals surface area (Å²) in [6.45, 7) is 2.27. The van der Waals surface area contributed by atoms with Crippen LogP contribution in [0.4, 0.5) is 14.5 Å². The second kappa shape index (κ2) is 5.71. The second-order valence-corrected chi connectivity index (χ2v) is 3.90. The highest BCUT2D eigenvalue weighted by atomic mass is 19.2. The van der Waals surface area contributed by atoms with Gasteiger partial charge in [-0.3, -0.25) is 0 Å². The van der Waals surface area contributed by atoms with E-state index in [0.29, 0.717) is 37.6 Å². The fourth-order valence-corrected chi connectivity index (χ4v) is 1.92. The summed E-state index contributed by atoms with van der Waals surface area (Å²) in [5, 5.41) is 0. The molecule has 1 aliphatic heterocycles. The van der Waals surface area contributed by atoms with Crippen molar-refractivity contribution in [3.05, 3.63) is 29.3 Å². The van der Waals surface area contributed by atoms with E-state index in [9.17, 15) is 13.6 Å². The lowest BCUT2D eigenvalue weighted by Gasteiger charge is -2.30. The minimum atomic E-state index is -0.942. The monoisotopic (exact) mass is 254 g/mol. The number of rotatable bonds is 3. The quantitative estimate of drug-likeness (QED) is 0.608. The molecule has 0 unspecified atom stereocenters. The van der Waals surface area contributed by atoms with Crippen LogP contribution in [-0.2, 0) is 16.1 Å². The number of benzene rings is 1. The maximum atomic E-state index is 13.3. The molecule has 0 amide bonds. The maximum absolute atomic E-state index is 13.3. The number of nitrogens with zero attached hydrogens (tertiary/aromatic N) is 2. The Morgan fingerprint density at radius 1 is 1.28 bits per heavy atom. The van der Waals surface area contributed by atoms with E-state index >= 15 is 0 Å². The molecule has 0 N–H and O–H groups in total. The first-order valence-electron chi connectivity index (χ1n) is 5.56. The molecular weight excluding hydrogens is 242 g/mol. The van der Waals surface area contributed by atoms with Crippen LogP contribution in [0.25, 0.3) is 0 Å². The van der Waals surface area contributed by atoms with Crippen LogP contribution >= 0.6 is 0 Å². The molecule has 0 atom stereocenters. The van der Waals surface area contributed by atoms with Gasteiger partial charge in [-0.25, -0.2) is 18.6 Å². The van der Waals surface area contributed by atoms with Crippen molar-refractivity contribution >= 4 is 11.8 Å². The van der Waals surface area contributed by atoms with E-state index in [1.54, 1.807) is 0 Å². The maximum Gasteiger partial charge on any atom is 0.235 e. The first kappa shape index (κ1) is 12.7. The third-order valence-corrected chi connectivity index (χ3v) is 2.79. The van der Waals surface area contributed by atoms with Crippen LogP contribution in [0.3, 0.4) is 0 Å². The Hall–Kier alpha value is -1.78. The minimum Gasteiger partial charge on any atom is -0.378 e. The van der Waals surface area contributed by atoms with E-state index in [1.165, 1.54) is 6.08 Å². The zero-order chi connectivity index (χ0) is 13.0. The molecule has 0 saturated carbocycles. The zero-order valence-electron chi connectivity index (χ0n) is 9.66. The van der Waals surface area contributed by atoms with Crippen LogP contribution in [0.1, 0.15) is 5.56 Å².